The number of carbonyl (C=O) groups excluding carboxylic acids is 1. The summed E-state index contributed by atoms with van der Waals surface area (Å²) in [6.45, 7) is 9.90. The highest BCUT2D eigenvalue weighted by molar-refractivity contribution is 6.32. The fourth-order valence-electron chi connectivity index (χ4n) is 2.38. The van der Waals surface area contributed by atoms with Gasteiger partial charge < -0.3 is 20.1 Å². The second-order valence-electron chi connectivity index (χ2n) is 7.55. The molecule has 0 unspecified atom stereocenters. The van der Waals surface area contributed by atoms with Crippen LogP contribution in [0.5, 0.6) is 11.5 Å². The van der Waals surface area contributed by atoms with Gasteiger partial charge in [0.15, 0.2) is 11.5 Å². The van der Waals surface area contributed by atoms with Gasteiger partial charge in [-0.25, -0.2) is 0 Å². The van der Waals surface area contributed by atoms with E-state index in [0.717, 1.165) is 6.42 Å². The maximum atomic E-state index is 12.7. The molecule has 0 saturated heterocycles. The van der Waals surface area contributed by atoms with Gasteiger partial charge in [-0.2, -0.15) is 0 Å². The summed E-state index contributed by atoms with van der Waals surface area (Å²) < 4.78 is 11.1. The number of benzene rings is 1. The van der Waals surface area contributed by atoms with Crippen molar-refractivity contribution < 1.29 is 14.3 Å². The van der Waals surface area contributed by atoms with Gasteiger partial charge in [0.1, 0.15) is 0 Å². The van der Waals surface area contributed by atoms with E-state index in [-0.39, 0.29) is 23.7 Å². The summed E-state index contributed by atoms with van der Waals surface area (Å²) in [5, 5.41) is 0.373. The Labute approximate surface area is 168 Å². The van der Waals surface area contributed by atoms with Gasteiger partial charge in [0, 0.05) is 19.2 Å². The third-order valence-electron chi connectivity index (χ3n) is 3.98. The lowest BCUT2D eigenvalue weighted by Gasteiger charge is -2.29. The highest BCUT2D eigenvalue weighted by atomic mass is 35.5. The van der Waals surface area contributed by atoms with E-state index in [2.05, 4.69) is 13.8 Å². The van der Waals surface area contributed by atoms with E-state index in [9.17, 15) is 4.79 Å². The number of ether oxygens (including phenoxy) is 2. The largest absolute Gasteiger partial charge is 0.493 e. The monoisotopic (exact) mass is 406 g/mol. The Bertz CT molecular complexity index is 592. The standard InChI is InChI=1S/C19H31ClN2O3.ClH/c1-13(2)7-8-25-17-15(20)9-14(10-16(17)24-6)18(23)22(5)12-19(3,4)11-21;/h9-10,13H,7-8,11-12,21H2,1-6H3;1H. The Morgan fingerprint density at radius 3 is 2.46 bits per heavy atom. The number of hydrogen-bond acceptors (Lipinski definition) is 4. The Hall–Kier alpha value is -1.17. The molecule has 0 spiro atoms. The number of carbonyl (C=O) groups is 1. The van der Waals surface area contributed by atoms with Gasteiger partial charge in [0.25, 0.3) is 5.91 Å². The predicted molar refractivity (Wildman–Crippen MR) is 110 cm³/mol. The molecular weight excluding hydrogens is 375 g/mol. The molecule has 1 aromatic rings. The van der Waals surface area contributed by atoms with Gasteiger partial charge in [-0.1, -0.05) is 39.3 Å². The van der Waals surface area contributed by atoms with E-state index >= 15 is 0 Å². The van der Waals surface area contributed by atoms with Crippen molar-refractivity contribution in [2.24, 2.45) is 17.1 Å². The maximum absolute atomic E-state index is 12.7. The van der Waals surface area contributed by atoms with Crippen LogP contribution >= 0.6 is 24.0 Å². The molecule has 1 aromatic carbocycles. The third kappa shape index (κ3) is 7.22. The number of methoxy groups -OCH3 is 1. The summed E-state index contributed by atoms with van der Waals surface area (Å²) in [7, 11) is 3.30. The van der Waals surface area contributed by atoms with Crippen LogP contribution in [0.15, 0.2) is 12.1 Å². The van der Waals surface area contributed by atoms with Gasteiger partial charge >= 0.3 is 0 Å². The topological polar surface area (TPSA) is 64.8 Å². The van der Waals surface area contributed by atoms with E-state index in [4.69, 9.17) is 26.8 Å². The van der Waals surface area contributed by atoms with Crippen molar-refractivity contribution in [3.05, 3.63) is 22.7 Å². The van der Waals surface area contributed by atoms with E-state index < -0.39 is 0 Å². The van der Waals surface area contributed by atoms with Crippen LogP contribution in [0.4, 0.5) is 0 Å². The zero-order valence-electron chi connectivity index (χ0n) is 16.6. The molecule has 0 fully saturated rings. The Kier molecular flexibility index (Phi) is 10.4. The molecule has 5 nitrogen and oxygen atoms in total. The smallest absolute Gasteiger partial charge is 0.253 e. The van der Waals surface area contributed by atoms with E-state index in [1.165, 1.54) is 7.11 Å². The minimum atomic E-state index is -0.155. The average molecular weight is 407 g/mol. The Balaban J connectivity index is 0.00000625. The summed E-state index contributed by atoms with van der Waals surface area (Å²) in [5.41, 5.74) is 6.07. The van der Waals surface area contributed by atoms with Crippen LogP contribution in [0.2, 0.25) is 5.02 Å². The third-order valence-corrected chi connectivity index (χ3v) is 4.26. The lowest BCUT2D eigenvalue weighted by molar-refractivity contribution is 0.0740. The SMILES string of the molecule is COc1cc(C(=O)N(C)CC(C)(C)CN)cc(Cl)c1OCCC(C)C.Cl. The zero-order chi connectivity index (χ0) is 19.2. The van der Waals surface area contributed by atoms with Crippen molar-refractivity contribution in [2.75, 3.05) is 33.9 Å². The fourth-order valence-corrected chi connectivity index (χ4v) is 2.64. The zero-order valence-corrected chi connectivity index (χ0v) is 18.2. The van der Waals surface area contributed by atoms with E-state index in [1.54, 1.807) is 24.1 Å². The van der Waals surface area contributed by atoms with Crippen molar-refractivity contribution >= 4 is 29.9 Å². The number of nitrogens with two attached hydrogens (primary N) is 1. The van der Waals surface area contributed by atoms with Crippen LogP contribution in [0, 0.1) is 11.3 Å². The lowest BCUT2D eigenvalue weighted by atomic mass is 9.93. The first kappa shape index (κ1) is 24.8. The highest BCUT2D eigenvalue weighted by Crippen LogP contribution is 2.37. The predicted octanol–water partition coefficient (Wildman–Crippen LogP) is 4.25. The summed E-state index contributed by atoms with van der Waals surface area (Å²) in [6.07, 6.45) is 0.914. The molecule has 150 valence electrons. The minimum Gasteiger partial charge on any atom is -0.493 e. The van der Waals surface area contributed by atoms with Crippen molar-refractivity contribution in [1.29, 1.82) is 0 Å². The van der Waals surface area contributed by atoms with E-state index in [1.807, 2.05) is 13.8 Å². The van der Waals surface area contributed by atoms with Gasteiger partial charge in [0.05, 0.1) is 18.7 Å². The van der Waals surface area contributed by atoms with Gasteiger partial charge in [-0.05, 0) is 36.4 Å². The van der Waals surface area contributed by atoms with Crippen molar-refractivity contribution in [1.82, 2.24) is 4.90 Å². The normalized spacial score (nSPS) is 11.1. The number of hydrogen-bond donors (Lipinski definition) is 1. The summed E-state index contributed by atoms with van der Waals surface area (Å²) in [4.78, 5) is 14.4. The van der Waals surface area contributed by atoms with Crippen molar-refractivity contribution in [2.45, 2.75) is 34.1 Å². The van der Waals surface area contributed by atoms with Crippen molar-refractivity contribution in [3.63, 3.8) is 0 Å². The van der Waals surface area contributed by atoms with Crippen LogP contribution in [0.3, 0.4) is 0 Å². The molecule has 1 amide bonds. The molecule has 0 aromatic heterocycles. The van der Waals surface area contributed by atoms with Crippen LogP contribution in [-0.4, -0.2) is 44.7 Å². The molecule has 2 N–H and O–H groups in total. The molecule has 0 heterocycles. The second kappa shape index (κ2) is 10.9. The van der Waals surface area contributed by atoms with Gasteiger partial charge in [-0.15, -0.1) is 12.4 Å². The quantitative estimate of drug-likeness (QED) is 0.665. The van der Waals surface area contributed by atoms with Gasteiger partial charge in [-0.3, -0.25) is 4.79 Å². The maximum Gasteiger partial charge on any atom is 0.253 e. The van der Waals surface area contributed by atoms with Crippen LogP contribution < -0.4 is 15.2 Å². The molecule has 0 saturated carbocycles. The lowest BCUT2D eigenvalue weighted by Crippen LogP contribution is -2.39. The van der Waals surface area contributed by atoms with Crippen molar-refractivity contribution in [3.8, 4) is 11.5 Å². The molecule has 1 rings (SSSR count). The molecule has 0 radical (unpaired) electrons. The summed E-state index contributed by atoms with van der Waals surface area (Å²) in [5.74, 6) is 1.35. The summed E-state index contributed by atoms with van der Waals surface area (Å²) >= 11 is 6.34. The fraction of sp³-hybridized carbons (Fsp3) is 0.632. The van der Waals surface area contributed by atoms with Crippen LogP contribution in [-0.2, 0) is 0 Å². The van der Waals surface area contributed by atoms with Crippen LogP contribution in [0.1, 0.15) is 44.5 Å². The molecule has 26 heavy (non-hydrogen) atoms. The molecule has 0 aliphatic carbocycles. The molecular formula is C19H32Cl2N2O3. The molecule has 0 aliphatic heterocycles. The van der Waals surface area contributed by atoms with Crippen LogP contribution in [0.25, 0.3) is 0 Å². The summed E-state index contributed by atoms with van der Waals surface area (Å²) in [6, 6.07) is 3.30. The second-order valence-corrected chi connectivity index (χ2v) is 7.96. The Morgan fingerprint density at radius 1 is 1.35 bits per heavy atom. The number of rotatable bonds is 9. The molecule has 0 bridgehead atoms. The molecule has 0 atom stereocenters. The first-order valence-electron chi connectivity index (χ1n) is 8.57. The molecule has 0 aliphatic rings. The van der Waals surface area contributed by atoms with Gasteiger partial charge in [0.2, 0.25) is 0 Å². The first-order valence-corrected chi connectivity index (χ1v) is 8.95. The molecule has 7 heteroatoms. The highest BCUT2D eigenvalue weighted by Gasteiger charge is 2.23. The Morgan fingerprint density at radius 2 is 1.96 bits per heavy atom. The average Bonchev–Trinajstić information content (AvgIpc) is 2.54. The number of halogens is 2. The number of nitrogens with zero attached hydrogens (tertiary/aromatic N) is 1. The first-order chi connectivity index (χ1) is 11.6. The van der Waals surface area contributed by atoms with E-state index in [0.29, 0.717) is 47.7 Å². The number of amides is 1. The minimum absolute atomic E-state index is 0.